The number of carboxylic acid groups (broad SMARTS) is 1. The van der Waals surface area contributed by atoms with Gasteiger partial charge in [-0.15, -0.1) is 0 Å². The maximum Gasteiger partial charge on any atom is 0.413 e. The number of ether oxygens (including phenoxy) is 2. The SMILES string of the molecule is COc1cc(NC(=O)OC(C)(C)C)ncc1C(=O)O. The number of anilines is 1. The van der Waals surface area contributed by atoms with Gasteiger partial charge in [-0.25, -0.2) is 14.6 Å². The van der Waals surface area contributed by atoms with Gasteiger partial charge in [0.05, 0.1) is 7.11 Å². The van der Waals surface area contributed by atoms with Gasteiger partial charge in [0.2, 0.25) is 0 Å². The third-order valence-corrected chi connectivity index (χ3v) is 1.95. The molecule has 0 saturated heterocycles. The van der Waals surface area contributed by atoms with E-state index in [1.165, 1.54) is 13.2 Å². The van der Waals surface area contributed by atoms with Crippen molar-refractivity contribution in [2.75, 3.05) is 12.4 Å². The van der Waals surface area contributed by atoms with Gasteiger partial charge in [0.1, 0.15) is 22.7 Å². The van der Waals surface area contributed by atoms with Crippen molar-refractivity contribution in [1.82, 2.24) is 4.98 Å². The number of aromatic nitrogens is 1. The normalized spacial score (nSPS) is 10.7. The molecule has 0 aliphatic heterocycles. The van der Waals surface area contributed by atoms with Crippen molar-refractivity contribution in [3.05, 3.63) is 17.8 Å². The molecule has 0 fully saturated rings. The van der Waals surface area contributed by atoms with Crippen molar-refractivity contribution in [2.45, 2.75) is 26.4 Å². The molecule has 0 aromatic carbocycles. The first-order chi connectivity index (χ1) is 8.73. The highest BCUT2D eigenvalue weighted by atomic mass is 16.6. The van der Waals surface area contributed by atoms with Crippen LogP contribution >= 0.6 is 0 Å². The van der Waals surface area contributed by atoms with Crippen LogP contribution in [0, 0.1) is 0 Å². The summed E-state index contributed by atoms with van der Waals surface area (Å²) in [6.07, 6.45) is 0.429. The molecule has 1 aromatic rings. The third-order valence-electron chi connectivity index (χ3n) is 1.95. The molecule has 7 nitrogen and oxygen atoms in total. The van der Waals surface area contributed by atoms with E-state index in [1.54, 1.807) is 20.8 Å². The largest absolute Gasteiger partial charge is 0.496 e. The minimum absolute atomic E-state index is 0.0859. The minimum Gasteiger partial charge on any atom is -0.496 e. The quantitative estimate of drug-likeness (QED) is 0.871. The average Bonchev–Trinajstić information content (AvgIpc) is 2.25. The van der Waals surface area contributed by atoms with E-state index in [-0.39, 0.29) is 17.1 Å². The second kappa shape index (κ2) is 5.55. The van der Waals surface area contributed by atoms with Gasteiger partial charge in [0, 0.05) is 12.3 Å². The van der Waals surface area contributed by atoms with Crippen molar-refractivity contribution in [3.63, 3.8) is 0 Å². The van der Waals surface area contributed by atoms with E-state index in [1.807, 2.05) is 0 Å². The molecule has 2 N–H and O–H groups in total. The van der Waals surface area contributed by atoms with Crippen molar-refractivity contribution >= 4 is 17.9 Å². The fraction of sp³-hybridized carbons (Fsp3) is 0.417. The van der Waals surface area contributed by atoms with E-state index in [0.717, 1.165) is 6.20 Å². The lowest BCUT2D eigenvalue weighted by Crippen LogP contribution is -2.27. The minimum atomic E-state index is -1.16. The van der Waals surface area contributed by atoms with Crippen LogP contribution in [-0.4, -0.2) is 34.9 Å². The Labute approximate surface area is 110 Å². The molecule has 0 spiro atoms. The summed E-state index contributed by atoms with van der Waals surface area (Å²) in [6.45, 7) is 5.19. The second-order valence-corrected chi connectivity index (χ2v) is 4.70. The Bertz CT molecular complexity index is 493. The number of nitrogens with zero attached hydrogens (tertiary/aromatic N) is 1. The molecule has 0 bridgehead atoms. The molecule has 0 saturated carbocycles. The van der Waals surface area contributed by atoms with Crippen LogP contribution in [0.15, 0.2) is 12.3 Å². The monoisotopic (exact) mass is 268 g/mol. The molecular formula is C12H16N2O5. The number of nitrogens with one attached hydrogen (secondary N) is 1. The van der Waals surface area contributed by atoms with Crippen LogP contribution in [0.5, 0.6) is 5.75 Å². The number of hydrogen-bond acceptors (Lipinski definition) is 5. The molecule has 1 heterocycles. The highest BCUT2D eigenvalue weighted by Crippen LogP contribution is 2.21. The lowest BCUT2D eigenvalue weighted by molar-refractivity contribution is 0.0634. The number of amides is 1. The zero-order valence-corrected chi connectivity index (χ0v) is 11.2. The van der Waals surface area contributed by atoms with E-state index < -0.39 is 17.7 Å². The molecule has 0 atom stereocenters. The average molecular weight is 268 g/mol. The molecule has 0 unspecified atom stereocenters. The van der Waals surface area contributed by atoms with Gasteiger partial charge in [-0.3, -0.25) is 5.32 Å². The van der Waals surface area contributed by atoms with Crippen LogP contribution in [0.3, 0.4) is 0 Å². The zero-order valence-electron chi connectivity index (χ0n) is 11.2. The lowest BCUT2D eigenvalue weighted by Gasteiger charge is -2.19. The van der Waals surface area contributed by atoms with Gasteiger partial charge in [0.25, 0.3) is 0 Å². The number of methoxy groups -OCH3 is 1. The van der Waals surface area contributed by atoms with Gasteiger partial charge in [-0.2, -0.15) is 0 Å². The number of rotatable bonds is 3. The van der Waals surface area contributed by atoms with Crippen LogP contribution in [-0.2, 0) is 4.74 Å². The van der Waals surface area contributed by atoms with Crippen molar-refractivity contribution in [1.29, 1.82) is 0 Å². The predicted octanol–water partition coefficient (Wildman–Crippen LogP) is 2.14. The maximum atomic E-state index is 11.5. The van der Waals surface area contributed by atoms with Crippen molar-refractivity contribution < 1.29 is 24.2 Å². The zero-order chi connectivity index (χ0) is 14.6. The molecule has 0 radical (unpaired) electrons. The van der Waals surface area contributed by atoms with Crippen LogP contribution in [0.2, 0.25) is 0 Å². The molecular weight excluding hydrogens is 252 g/mol. The smallest absolute Gasteiger partial charge is 0.413 e. The van der Waals surface area contributed by atoms with E-state index in [2.05, 4.69) is 10.3 Å². The Balaban J connectivity index is 2.86. The van der Waals surface area contributed by atoms with Crippen molar-refractivity contribution in [2.24, 2.45) is 0 Å². The Kier molecular flexibility index (Phi) is 4.31. The number of carbonyl (C=O) groups is 2. The summed E-state index contributed by atoms with van der Waals surface area (Å²) in [5, 5.41) is 11.3. The van der Waals surface area contributed by atoms with Gasteiger partial charge < -0.3 is 14.6 Å². The summed E-state index contributed by atoms with van der Waals surface area (Å²) in [4.78, 5) is 26.2. The summed E-state index contributed by atoms with van der Waals surface area (Å²) in [5.74, 6) is -0.905. The highest BCUT2D eigenvalue weighted by Gasteiger charge is 2.18. The molecule has 0 aliphatic rings. The fourth-order valence-corrected chi connectivity index (χ4v) is 1.24. The summed E-state index contributed by atoms with van der Waals surface area (Å²) in [6, 6.07) is 1.31. The molecule has 7 heteroatoms. The summed E-state index contributed by atoms with van der Waals surface area (Å²) < 4.78 is 9.96. The van der Waals surface area contributed by atoms with Gasteiger partial charge in [-0.05, 0) is 20.8 Å². The van der Waals surface area contributed by atoms with E-state index in [9.17, 15) is 9.59 Å². The topological polar surface area (TPSA) is 97.8 Å². The van der Waals surface area contributed by atoms with E-state index in [0.29, 0.717) is 0 Å². The number of aromatic carboxylic acids is 1. The number of hydrogen-bond donors (Lipinski definition) is 2. The molecule has 19 heavy (non-hydrogen) atoms. The first kappa shape index (κ1) is 14.7. The molecule has 1 amide bonds. The van der Waals surface area contributed by atoms with E-state index in [4.69, 9.17) is 14.6 Å². The standard InChI is InChI=1S/C12H16N2O5/c1-12(2,3)19-11(17)14-9-5-8(18-4)7(6-13-9)10(15)16/h5-6H,1-4H3,(H,15,16)(H,13,14,17). The second-order valence-electron chi connectivity index (χ2n) is 4.70. The molecule has 104 valence electrons. The molecule has 1 rings (SSSR count). The summed E-state index contributed by atoms with van der Waals surface area (Å²) >= 11 is 0. The lowest BCUT2D eigenvalue weighted by atomic mass is 10.2. The molecule has 1 aromatic heterocycles. The summed E-state index contributed by atoms with van der Waals surface area (Å²) in [5.41, 5.74) is -0.716. The van der Waals surface area contributed by atoms with Gasteiger partial charge in [-0.1, -0.05) is 0 Å². The fourth-order valence-electron chi connectivity index (χ4n) is 1.24. The summed E-state index contributed by atoms with van der Waals surface area (Å²) in [7, 11) is 1.33. The Morgan fingerprint density at radius 3 is 2.47 bits per heavy atom. The van der Waals surface area contributed by atoms with Gasteiger partial charge >= 0.3 is 12.1 Å². The van der Waals surface area contributed by atoms with Crippen LogP contribution in [0.25, 0.3) is 0 Å². The predicted molar refractivity (Wildman–Crippen MR) is 67.6 cm³/mol. The van der Waals surface area contributed by atoms with Gasteiger partial charge in [0.15, 0.2) is 0 Å². The Morgan fingerprint density at radius 1 is 1.37 bits per heavy atom. The van der Waals surface area contributed by atoms with Crippen LogP contribution in [0.4, 0.5) is 10.6 Å². The van der Waals surface area contributed by atoms with Crippen LogP contribution in [0.1, 0.15) is 31.1 Å². The maximum absolute atomic E-state index is 11.5. The third kappa shape index (κ3) is 4.46. The Morgan fingerprint density at radius 2 is 2.00 bits per heavy atom. The first-order valence-electron chi connectivity index (χ1n) is 5.50. The van der Waals surface area contributed by atoms with E-state index >= 15 is 0 Å². The molecule has 0 aliphatic carbocycles. The Hall–Kier alpha value is -2.31. The number of carbonyl (C=O) groups excluding carboxylic acids is 1. The number of carboxylic acids is 1. The first-order valence-corrected chi connectivity index (χ1v) is 5.50. The van der Waals surface area contributed by atoms with Crippen LogP contribution < -0.4 is 10.1 Å². The number of pyridine rings is 1. The van der Waals surface area contributed by atoms with Crippen molar-refractivity contribution in [3.8, 4) is 5.75 Å². The highest BCUT2D eigenvalue weighted by molar-refractivity contribution is 5.91.